The van der Waals surface area contributed by atoms with Crippen LogP contribution in [0.25, 0.3) is 0 Å². The summed E-state index contributed by atoms with van der Waals surface area (Å²) in [6.45, 7) is 4.28. The van der Waals surface area contributed by atoms with Gasteiger partial charge < -0.3 is 5.73 Å². The third-order valence-electron chi connectivity index (χ3n) is 3.91. The number of nitrogens with two attached hydrogens (primary N) is 1. The Morgan fingerprint density at radius 2 is 1.81 bits per heavy atom. The highest BCUT2D eigenvalue weighted by Crippen LogP contribution is 2.26. The predicted octanol–water partition coefficient (Wildman–Crippen LogP) is 4.85. The number of benzene rings is 2. The first-order chi connectivity index (χ1) is 10.1. The highest BCUT2D eigenvalue weighted by atomic mass is 35.5. The van der Waals surface area contributed by atoms with Gasteiger partial charge in [0.2, 0.25) is 0 Å². The summed E-state index contributed by atoms with van der Waals surface area (Å²) in [4.78, 5) is 0. The molecule has 2 N–H and O–H groups in total. The molecule has 2 aromatic carbocycles. The van der Waals surface area contributed by atoms with E-state index in [9.17, 15) is 4.39 Å². The lowest BCUT2D eigenvalue weighted by Gasteiger charge is -2.16. The minimum Gasteiger partial charge on any atom is -0.324 e. The van der Waals surface area contributed by atoms with Gasteiger partial charge in [-0.1, -0.05) is 49.7 Å². The van der Waals surface area contributed by atoms with E-state index in [2.05, 4.69) is 26.0 Å². The van der Waals surface area contributed by atoms with Gasteiger partial charge in [0.1, 0.15) is 5.82 Å². The van der Waals surface area contributed by atoms with Crippen molar-refractivity contribution in [2.75, 3.05) is 0 Å². The Labute approximate surface area is 130 Å². The zero-order valence-electron chi connectivity index (χ0n) is 12.5. The number of hydrogen-bond donors (Lipinski definition) is 1. The molecule has 2 aromatic rings. The van der Waals surface area contributed by atoms with Crippen LogP contribution >= 0.6 is 11.6 Å². The number of halogens is 2. The summed E-state index contributed by atoms with van der Waals surface area (Å²) in [5.74, 6) is -0.293. The van der Waals surface area contributed by atoms with Crippen molar-refractivity contribution in [3.63, 3.8) is 0 Å². The molecule has 0 bridgehead atoms. The van der Waals surface area contributed by atoms with Crippen molar-refractivity contribution >= 4 is 11.6 Å². The van der Waals surface area contributed by atoms with Crippen LogP contribution in [0, 0.1) is 5.82 Å². The van der Waals surface area contributed by atoms with E-state index in [4.69, 9.17) is 17.3 Å². The van der Waals surface area contributed by atoms with Gasteiger partial charge >= 0.3 is 0 Å². The first-order valence-corrected chi connectivity index (χ1v) is 7.74. The fraction of sp³-hybridized carbons (Fsp3) is 0.333. The lowest BCUT2D eigenvalue weighted by Crippen LogP contribution is -2.15. The molecule has 2 rings (SSSR count). The van der Waals surface area contributed by atoms with Crippen molar-refractivity contribution in [1.82, 2.24) is 0 Å². The van der Waals surface area contributed by atoms with E-state index in [1.165, 1.54) is 17.2 Å². The Kier molecular flexibility index (Phi) is 5.38. The molecule has 0 aliphatic carbocycles. The second-order valence-electron chi connectivity index (χ2n) is 5.25. The van der Waals surface area contributed by atoms with Gasteiger partial charge in [-0.3, -0.25) is 0 Å². The predicted molar refractivity (Wildman–Crippen MR) is 87.2 cm³/mol. The maximum atomic E-state index is 13.9. The van der Waals surface area contributed by atoms with Gasteiger partial charge in [-0.15, -0.1) is 0 Å². The van der Waals surface area contributed by atoms with Gasteiger partial charge in [-0.2, -0.15) is 0 Å². The molecule has 0 aromatic heterocycles. The van der Waals surface area contributed by atoms with Crippen LogP contribution in [-0.4, -0.2) is 0 Å². The number of hydrogen-bond acceptors (Lipinski definition) is 1. The topological polar surface area (TPSA) is 26.0 Å². The van der Waals surface area contributed by atoms with Gasteiger partial charge in [-0.05, 0) is 48.1 Å². The van der Waals surface area contributed by atoms with Gasteiger partial charge in [0.25, 0.3) is 0 Å². The molecule has 0 heterocycles. The quantitative estimate of drug-likeness (QED) is 0.840. The maximum absolute atomic E-state index is 13.9. The lowest BCUT2D eigenvalue weighted by molar-refractivity contribution is 0.593. The Morgan fingerprint density at radius 1 is 1.10 bits per heavy atom. The monoisotopic (exact) mass is 305 g/mol. The van der Waals surface area contributed by atoms with E-state index in [1.54, 1.807) is 12.1 Å². The fourth-order valence-electron chi connectivity index (χ4n) is 2.62. The van der Waals surface area contributed by atoms with Gasteiger partial charge in [0.15, 0.2) is 0 Å². The Hall–Kier alpha value is -1.38. The van der Waals surface area contributed by atoms with Gasteiger partial charge in [0.05, 0.1) is 0 Å². The molecule has 0 saturated carbocycles. The van der Waals surface area contributed by atoms with Gasteiger partial charge in [-0.25, -0.2) is 4.39 Å². The molecule has 0 saturated heterocycles. The van der Waals surface area contributed by atoms with Crippen LogP contribution in [0.3, 0.4) is 0 Å². The van der Waals surface area contributed by atoms with Gasteiger partial charge in [0, 0.05) is 16.6 Å². The summed E-state index contributed by atoms with van der Waals surface area (Å²) < 4.78 is 13.9. The standard InChI is InChI=1S/C18H21ClFN/c1-3-12-8-9-14(10-13(12)4-2)18(21)11-15-16(19)6-5-7-17(15)20/h5-10,18H,3-4,11,21H2,1-2H3. The van der Waals surface area contributed by atoms with Crippen molar-refractivity contribution in [2.24, 2.45) is 5.73 Å². The summed E-state index contributed by atoms with van der Waals surface area (Å²) >= 11 is 6.07. The highest BCUT2D eigenvalue weighted by Gasteiger charge is 2.14. The fourth-order valence-corrected chi connectivity index (χ4v) is 2.86. The molecular formula is C18H21ClFN. The normalized spacial score (nSPS) is 12.4. The molecule has 1 unspecified atom stereocenters. The molecule has 21 heavy (non-hydrogen) atoms. The van der Waals surface area contributed by atoms with Crippen LogP contribution in [0.4, 0.5) is 4.39 Å². The zero-order valence-corrected chi connectivity index (χ0v) is 13.3. The largest absolute Gasteiger partial charge is 0.324 e. The summed E-state index contributed by atoms with van der Waals surface area (Å²) in [6, 6.07) is 10.8. The molecule has 0 aliphatic heterocycles. The van der Waals surface area contributed by atoms with Crippen LogP contribution in [-0.2, 0) is 19.3 Å². The maximum Gasteiger partial charge on any atom is 0.127 e. The lowest BCUT2D eigenvalue weighted by atomic mass is 9.94. The molecule has 1 atom stereocenters. The minimum absolute atomic E-state index is 0.254. The number of rotatable bonds is 5. The highest BCUT2D eigenvalue weighted by molar-refractivity contribution is 6.31. The van der Waals surface area contributed by atoms with E-state index in [0.29, 0.717) is 17.0 Å². The molecular weight excluding hydrogens is 285 g/mol. The third kappa shape index (κ3) is 3.63. The van der Waals surface area contributed by atoms with Crippen LogP contribution in [0.5, 0.6) is 0 Å². The molecule has 0 aliphatic rings. The van der Waals surface area contributed by atoms with Crippen LogP contribution in [0.1, 0.15) is 42.1 Å². The average Bonchev–Trinajstić information content (AvgIpc) is 2.50. The number of aryl methyl sites for hydroxylation is 2. The van der Waals surface area contributed by atoms with E-state index < -0.39 is 0 Å². The Bertz CT molecular complexity index is 604. The molecule has 0 spiro atoms. The summed E-state index contributed by atoms with van der Waals surface area (Å²) in [5, 5.41) is 0.436. The first-order valence-electron chi connectivity index (χ1n) is 7.37. The molecule has 3 heteroatoms. The average molecular weight is 306 g/mol. The van der Waals surface area contributed by atoms with Crippen molar-refractivity contribution in [3.8, 4) is 0 Å². The molecule has 0 amide bonds. The molecule has 1 nitrogen and oxygen atoms in total. The Balaban J connectivity index is 2.26. The molecule has 0 fully saturated rings. The smallest absolute Gasteiger partial charge is 0.127 e. The third-order valence-corrected chi connectivity index (χ3v) is 4.26. The SMILES string of the molecule is CCc1ccc(C(N)Cc2c(F)cccc2Cl)cc1CC. The molecule has 0 radical (unpaired) electrons. The van der Waals surface area contributed by atoms with Crippen molar-refractivity contribution in [2.45, 2.75) is 39.2 Å². The van der Waals surface area contributed by atoms with E-state index >= 15 is 0 Å². The van der Waals surface area contributed by atoms with E-state index in [-0.39, 0.29) is 11.9 Å². The van der Waals surface area contributed by atoms with E-state index in [0.717, 1.165) is 18.4 Å². The summed E-state index contributed by atoms with van der Waals surface area (Å²) in [5.41, 5.74) is 10.4. The van der Waals surface area contributed by atoms with E-state index in [1.807, 2.05) is 6.07 Å². The Morgan fingerprint density at radius 3 is 2.43 bits per heavy atom. The minimum atomic E-state index is -0.293. The first kappa shape index (κ1) is 16.0. The van der Waals surface area contributed by atoms with Crippen molar-refractivity contribution in [1.29, 1.82) is 0 Å². The van der Waals surface area contributed by atoms with Crippen LogP contribution in [0.2, 0.25) is 5.02 Å². The molecule has 112 valence electrons. The second kappa shape index (κ2) is 7.06. The second-order valence-corrected chi connectivity index (χ2v) is 5.65. The van der Waals surface area contributed by atoms with Crippen LogP contribution in [0.15, 0.2) is 36.4 Å². The van der Waals surface area contributed by atoms with Crippen molar-refractivity contribution < 1.29 is 4.39 Å². The summed E-state index contributed by atoms with van der Waals surface area (Å²) in [7, 11) is 0. The van der Waals surface area contributed by atoms with Crippen LogP contribution < -0.4 is 5.73 Å². The zero-order chi connectivity index (χ0) is 15.4. The van der Waals surface area contributed by atoms with Crippen molar-refractivity contribution in [3.05, 3.63) is 69.5 Å². The summed E-state index contributed by atoms with van der Waals surface area (Å²) in [6.07, 6.45) is 2.39.